The van der Waals surface area contributed by atoms with E-state index in [4.69, 9.17) is 20.9 Å². The molecule has 1 N–H and O–H groups in total. The van der Waals surface area contributed by atoms with Gasteiger partial charge >= 0.3 is 7.12 Å². The fourth-order valence-corrected chi connectivity index (χ4v) is 2.77. The maximum absolute atomic E-state index is 12.6. The lowest BCUT2D eigenvalue weighted by atomic mass is 9.78. The van der Waals surface area contributed by atoms with Crippen molar-refractivity contribution in [1.29, 1.82) is 0 Å². The number of amides is 1. The van der Waals surface area contributed by atoms with Crippen LogP contribution in [0, 0.1) is 0 Å². The van der Waals surface area contributed by atoms with Crippen LogP contribution in [0.3, 0.4) is 0 Å². The SMILES string of the molecule is CC1(C)OB(c2ccc(Cl)c(C(=O)Nc3ccccc3)c2)OC1(C)C. The maximum Gasteiger partial charge on any atom is 0.494 e. The second-order valence-electron chi connectivity index (χ2n) is 7.15. The summed E-state index contributed by atoms with van der Waals surface area (Å²) in [5.41, 5.74) is 0.983. The molecule has 1 heterocycles. The number of hydrogen-bond acceptors (Lipinski definition) is 3. The van der Waals surface area contributed by atoms with Crippen LogP contribution in [0.15, 0.2) is 48.5 Å². The zero-order chi connectivity index (χ0) is 18.2. The van der Waals surface area contributed by atoms with Gasteiger partial charge in [0.05, 0.1) is 21.8 Å². The number of carbonyl (C=O) groups excluding carboxylic acids is 1. The summed E-state index contributed by atoms with van der Waals surface area (Å²) < 4.78 is 12.1. The van der Waals surface area contributed by atoms with Crippen LogP contribution in [0.5, 0.6) is 0 Å². The van der Waals surface area contributed by atoms with Gasteiger partial charge in [0, 0.05) is 5.69 Å². The number of hydrogen-bond donors (Lipinski definition) is 1. The number of rotatable bonds is 3. The van der Waals surface area contributed by atoms with E-state index in [2.05, 4.69) is 5.32 Å². The Bertz CT molecular complexity index is 777. The van der Waals surface area contributed by atoms with Crippen LogP contribution in [-0.2, 0) is 9.31 Å². The Kier molecular flexibility index (Phi) is 4.67. The minimum atomic E-state index is -0.537. The largest absolute Gasteiger partial charge is 0.494 e. The van der Waals surface area contributed by atoms with Gasteiger partial charge in [0.1, 0.15) is 0 Å². The number of benzene rings is 2. The smallest absolute Gasteiger partial charge is 0.399 e. The minimum Gasteiger partial charge on any atom is -0.399 e. The standard InChI is InChI=1S/C19H21BClNO3/c1-18(2)19(3,4)25-20(24-18)13-10-11-16(21)15(12-13)17(23)22-14-8-6-5-7-9-14/h5-12H,1-4H3,(H,22,23). The fraction of sp³-hybridized carbons (Fsp3) is 0.316. The summed E-state index contributed by atoms with van der Waals surface area (Å²) in [5, 5.41) is 3.23. The van der Waals surface area contributed by atoms with Gasteiger partial charge in [-0.15, -0.1) is 0 Å². The van der Waals surface area contributed by atoms with E-state index in [1.165, 1.54) is 0 Å². The van der Waals surface area contributed by atoms with Crippen molar-refractivity contribution in [1.82, 2.24) is 0 Å². The van der Waals surface area contributed by atoms with E-state index in [0.29, 0.717) is 16.3 Å². The highest BCUT2D eigenvalue weighted by Gasteiger charge is 2.51. The van der Waals surface area contributed by atoms with E-state index in [0.717, 1.165) is 5.46 Å². The molecular formula is C19H21BClNO3. The summed E-state index contributed by atoms with van der Waals surface area (Å²) in [6.45, 7) is 7.97. The maximum atomic E-state index is 12.6. The van der Waals surface area contributed by atoms with Gasteiger partial charge in [0.2, 0.25) is 0 Å². The second-order valence-corrected chi connectivity index (χ2v) is 7.55. The van der Waals surface area contributed by atoms with Gasteiger partial charge < -0.3 is 14.6 Å². The van der Waals surface area contributed by atoms with E-state index in [-0.39, 0.29) is 5.91 Å². The van der Waals surface area contributed by atoms with Gasteiger partial charge in [-0.25, -0.2) is 0 Å². The molecule has 1 saturated heterocycles. The molecule has 2 aromatic carbocycles. The monoisotopic (exact) mass is 357 g/mol. The molecule has 0 unspecified atom stereocenters. The predicted octanol–water partition coefficient (Wildman–Crippen LogP) is 3.89. The normalized spacial score (nSPS) is 18.2. The highest BCUT2D eigenvalue weighted by molar-refractivity contribution is 6.62. The third-order valence-electron chi connectivity index (χ3n) is 4.79. The molecule has 6 heteroatoms. The Balaban J connectivity index is 1.85. The van der Waals surface area contributed by atoms with Crippen LogP contribution in [0.25, 0.3) is 0 Å². The quantitative estimate of drug-likeness (QED) is 0.848. The molecule has 1 amide bonds. The summed E-state index contributed by atoms with van der Waals surface area (Å²) >= 11 is 6.23. The van der Waals surface area contributed by atoms with E-state index in [9.17, 15) is 4.79 Å². The van der Waals surface area contributed by atoms with Crippen molar-refractivity contribution < 1.29 is 14.1 Å². The third-order valence-corrected chi connectivity index (χ3v) is 5.12. The number of nitrogens with one attached hydrogen (secondary N) is 1. The molecule has 0 aromatic heterocycles. The first-order valence-corrected chi connectivity index (χ1v) is 8.59. The highest BCUT2D eigenvalue weighted by atomic mass is 35.5. The van der Waals surface area contributed by atoms with Crippen LogP contribution in [0.4, 0.5) is 5.69 Å². The molecule has 4 nitrogen and oxygen atoms in total. The molecule has 1 aliphatic heterocycles. The van der Waals surface area contributed by atoms with Crippen molar-refractivity contribution in [2.75, 3.05) is 5.32 Å². The summed E-state index contributed by atoms with van der Waals surface area (Å²) in [7, 11) is -0.537. The molecule has 130 valence electrons. The van der Waals surface area contributed by atoms with Crippen LogP contribution >= 0.6 is 11.6 Å². The zero-order valence-electron chi connectivity index (χ0n) is 14.8. The molecule has 0 spiro atoms. The Morgan fingerprint density at radius 3 is 2.20 bits per heavy atom. The van der Waals surface area contributed by atoms with Crippen LogP contribution in [0.2, 0.25) is 5.02 Å². The van der Waals surface area contributed by atoms with E-state index >= 15 is 0 Å². The minimum absolute atomic E-state index is 0.269. The predicted molar refractivity (Wildman–Crippen MR) is 102 cm³/mol. The van der Waals surface area contributed by atoms with Crippen molar-refractivity contribution in [3.8, 4) is 0 Å². The Hall–Kier alpha value is -1.82. The molecular weight excluding hydrogens is 336 g/mol. The molecule has 0 atom stereocenters. The lowest BCUT2D eigenvalue weighted by Crippen LogP contribution is -2.41. The van der Waals surface area contributed by atoms with Gasteiger partial charge in [-0.2, -0.15) is 0 Å². The number of para-hydroxylation sites is 1. The molecule has 0 bridgehead atoms. The van der Waals surface area contributed by atoms with Crippen LogP contribution in [0.1, 0.15) is 38.1 Å². The average molecular weight is 358 g/mol. The topological polar surface area (TPSA) is 47.6 Å². The van der Waals surface area contributed by atoms with Gasteiger partial charge in [-0.1, -0.05) is 35.9 Å². The van der Waals surface area contributed by atoms with E-state index < -0.39 is 18.3 Å². The number of halogens is 1. The van der Waals surface area contributed by atoms with Crippen molar-refractivity contribution >= 4 is 35.8 Å². The van der Waals surface area contributed by atoms with Gasteiger partial charge in [-0.05, 0) is 57.4 Å². The van der Waals surface area contributed by atoms with E-state index in [1.807, 2.05) is 64.1 Å². The van der Waals surface area contributed by atoms with Crippen LogP contribution in [-0.4, -0.2) is 24.2 Å². The molecule has 25 heavy (non-hydrogen) atoms. The summed E-state index contributed by atoms with van der Waals surface area (Å²) in [6.07, 6.45) is 0. The molecule has 3 rings (SSSR count). The Morgan fingerprint density at radius 1 is 1.00 bits per heavy atom. The molecule has 0 saturated carbocycles. The third kappa shape index (κ3) is 3.59. The number of anilines is 1. The molecule has 1 fully saturated rings. The first kappa shape index (κ1) is 18.0. The molecule has 1 aliphatic rings. The average Bonchev–Trinajstić information content (AvgIpc) is 2.76. The molecule has 2 aromatic rings. The van der Waals surface area contributed by atoms with Crippen molar-refractivity contribution in [3.05, 3.63) is 59.1 Å². The van der Waals surface area contributed by atoms with Crippen LogP contribution < -0.4 is 10.8 Å². The van der Waals surface area contributed by atoms with Crippen molar-refractivity contribution in [2.45, 2.75) is 38.9 Å². The van der Waals surface area contributed by atoms with Gasteiger partial charge in [-0.3, -0.25) is 4.79 Å². The summed E-state index contributed by atoms with van der Waals surface area (Å²) in [4.78, 5) is 12.6. The van der Waals surface area contributed by atoms with Crippen molar-refractivity contribution in [3.63, 3.8) is 0 Å². The molecule has 0 radical (unpaired) electrons. The Morgan fingerprint density at radius 2 is 1.60 bits per heavy atom. The highest BCUT2D eigenvalue weighted by Crippen LogP contribution is 2.36. The Labute approximate surface area is 153 Å². The van der Waals surface area contributed by atoms with Gasteiger partial charge in [0.25, 0.3) is 5.91 Å². The zero-order valence-corrected chi connectivity index (χ0v) is 15.6. The van der Waals surface area contributed by atoms with E-state index in [1.54, 1.807) is 12.1 Å². The first-order valence-electron chi connectivity index (χ1n) is 8.21. The van der Waals surface area contributed by atoms with Gasteiger partial charge in [0.15, 0.2) is 0 Å². The first-order chi connectivity index (χ1) is 11.7. The fourth-order valence-electron chi connectivity index (χ4n) is 2.56. The molecule has 0 aliphatic carbocycles. The van der Waals surface area contributed by atoms with Crippen molar-refractivity contribution in [2.24, 2.45) is 0 Å². The number of carbonyl (C=O) groups is 1. The second kappa shape index (κ2) is 6.48. The lowest BCUT2D eigenvalue weighted by molar-refractivity contribution is 0.00578. The summed E-state index contributed by atoms with van der Waals surface area (Å²) in [6, 6.07) is 14.5. The lowest BCUT2D eigenvalue weighted by Gasteiger charge is -2.32. The summed E-state index contributed by atoms with van der Waals surface area (Å²) in [5.74, 6) is -0.269.